The molecule has 9 unspecified atom stereocenters. The molecule has 4 saturated carbocycles. The second kappa shape index (κ2) is 6.34. The van der Waals surface area contributed by atoms with E-state index in [2.05, 4.69) is 27.4 Å². The number of hydrogen-bond donors (Lipinski definition) is 2. The Labute approximate surface area is 160 Å². The van der Waals surface area contributed by atoms with E-state index in [0.29, 0.717) is 23.2 Å². The van der Waals surface area contributed by atoms with Crippen molar-refractivity contribution in [3.63, 3.8) is 0 Å². The minimum Gasteiger partial charge on any atom is -0.393 e. The Morgan fingerprint density at radius 2 is 1.69 bits per heavy atom. The third-order valence-corrected chi connectivity index (χ3v) is 9.95. The Hall–Kier alpha value is -0.340. The first kappa shape index (κ1) is 19.0. The van der Waals surface area contributed by atoms with Gasteiger partial charge in [-0.2, -0.15) is 0 Å². The van der Waals surface area contributed by atoms with Crippen LogP contribution in [0, 0.1) is 40.4 Å². The highest BCUT2D eigenvalue weighted by Gasteiger charge is 2.62. The fourth-order valence-electron chi connectivity index (χ4n) is 8.69. The normalized spacial score (nSPS) is 53.1. The Morgan fingerprint density at radius 3 is 2.42 bits per heavy atom. The fraction of sp³-hybridized carbons (Fsp3) is 0.917. The van der Waals surface area contributed by atoms with Gasteiger partial charge in [0.2, 0.25) is 0 Å². The zero-order valence-corrected chi connectivity index (χ0v) is 17.2. The van der Waals surface area contributed by atoms with Crippen LogP contribution in [0.25, 0.3) is 0 Å². The van der Waals surface area contributed by atoms with Gasteiger partial charge in [0, 0.05) is 0 Å². The lowest BCUT2D eigenvalue weighted by molar-refractivity contribution is -0.143. The zero-order valence-electron chi connectivity index (χ0n) is 17.2. The minimum atomic E-state index is -0.603. The van der Waals surface area contributed by atoms with Crippen molar-refractivity contribution < 1.29 is 10.2 Å². The topological polar surface area (TPSA) is 40.5 Å². The molecule has 2 heteroatoms. The minimum absolute atomic E-state index is 0.0525. The third-order valence-electron chi connectivity index (χ3n) is 9.95. The summed E-state index contributed by atoms with van der Waals surface area (Å²) in [5.41, 5.74) is 0.143. The summed E-state index contributed by atoms with van der Waals surface area (Å²) in [4.78, 5) is 0. The molecule has 148 valence electrons. The fourth-order valence-corrected chi connectivity index (χ4v) is 8.69. The second-order valence-corrected chi connectivity index (χ2v) is 11.1. The van der Waals surface area contributed by atoms with Gasteiger partial charge in [0.15, 0.2) is 0 Å². The van der Waals surface area contributed by atoms with E-state index in [4.69, 9.17) is 0 Å². The van der Waals surface area contributed by atoms with E-state index in [-0.39, 0.29) is 6.10 Å². The number of aliphatic hydroxyl groups excluding tert-OH is 1. The van der Waals surface area contributed by atoms with Gasteiger partial charge in [-0.1, -0.05) is 19.9 Å². The van der Waals surface area contributed by atoms with Crippen LogP contribution < -0.4 is 0 Å². The second-order valence-electron chi connectivity index (χ2n) is 11.1. The van der Waals surface area contributed by atoms with Gasteiger partial charge in [-0.15, -0.1) is 6.58 Å². The molecule has 0 aromatic rings. The highest BCUT2D eigenvalue weighted by molar-refractivity contribution is 5.12. The summed E-state index contributed by atoms with van der Waals surface area (Å²) in [7, 11) is 0. The Kier molecular flexibility index (Phi) is 4.63. The van der Waals surface area contributed by atoms with Gasteiger partial charge >= 0.3 is 0 Å². The molecular formula is C24H40O2. The van der Waals surface area contributed by atoms with Gasteiger partial charge in [0.05, 0.1) is 11.7 Å². The van der Waals surface area contributed by atoms with E-state index >= 15 is 0 Å². The average Bonchev–Trinajstić information content (AvgIpc) is 2.93. The smallest absolute Gasteiger partial charge is 0.0687 e. The molecule has 0 bridgehead atoms. The van der Waals surface area contributed by atoms with Crippen molar-refractivity contribution in [3.05, 3.63) is 12.7 Å². The molecule has 0 spiro atoms. The van der Waals surface area contributed by atoms with Gasteiger partial charge in [-0.05, 0) is 112 Å². The largest absolute Gasteiger partial charge is 0.393 e. The van der Waals surface area contributed by atoms with Crippen LogP contribution in [0.1, 0.15) is 85.0 Å². The summed E-state index contributed by atoms with van der Waals surface area (Å²) in [6.07, 6.45) is 13.6. The molecule has 2 nitrogen and oxygen atoms in total. The van der Waals surface area contributed by atoms with Crippen molar-refractivity contribution in [3.8, 4) is 0 Å². The molecule has 0 aromatic heterocycles. The monoisotopic (exact) mass is 360 g/mol. The first-order valence-corrected chi connectivity index (χ1v) is 11.2. The standard InChI is InChI=1S/C24H40O2/c1-5-12-24(4,26)21-9-8-19-18-7-6-16-15-17(25)10-13-22(16,2)20(18)11-14-23(19,21)3/h5,16-21,25-26H,1,6-15H2,2-4H3. The summed E-state index contributed by atoms with van der Waals surface area (Å²) >= 11 is 0. The van der Waals surface area contributed by atoms with Crippen molar-refractivity contribution in [2.45, 2.75) is 96.7 Å². The molecule has 4 rings (SSSR count). The van der Waals surface area contributed by atoms with Crippen molar-refractivity contribution in [2.75, 3.05) is 0 Å². The summed E-state index contributed by atoms with van der Waals surface area (Å²) < 4.78 is 0. The zero-order chi connectivity index (χ0) is 18.7. The molecule has 4 fully saturated rings. The summed E-state index contributed by atoms with van der Waals surface area (Å²) in [5.74, 6) is 3.62. The Balaban J connectivity index is 1.59. The predicted molar refractivity (Wildman–Crippen MR) is 107 cm³/mol. The molecule has 0 saturated heterocycles. The van der Waals surface area contributed by atoms with Crippen molar-refractivity contribution >= 4 is 0 Å². The molecule has 0 heterocycles. The SMILES string of the molecule is C=CCC(C)(O)C1CCC2C3CCC4CC(O)CCC4(C)C3CCC21C. The van der Waals surface area contributed by atoms with Crippen molar-refractivity contribution in [2.24, 2.45) is 40.4 Å². The molecule has 4 aliphatic rings. The van der Waals surface area contributed by atoms with Crippen LogP contribution in [0.2, 0.25) is 0 Å². The van der Waals surface area contributed by atoms with E-state index in [0.717, 1.165) is 36.5 Å². The van der Waals surface area contributed by atoms with Crippen molar-refractivity contribution in [1.29, 1.82) is 0 Å². The van der Waals surface area contributed by atoms with Crippen LogP contribution in [0.5, 0.6) is 0 Å². The maximum absolute atomic E-state index is 11.2. The Bertz CT molecular complexity index is 554. The van der Waals surface area contributed by atoms with Crippen molar-refractivity contribution in [1.82, 2.24) is 0 Å². The van der Waals surface area contributed by atoms with Gasteiger partial charge in [-0.25, -0.2) is 0 Å². The van der Waals surface area contributed by atoms with Crippen LogP contribution in [0.3, 0.4) is 0 Å². The number of aliphatic hydroxyl groups is 2. The molecular weight excluding hydrogens is 320 g/mol. The van der Waals surface area contributed by atoms with E-state index in [1.165, 1.54) is 44.9 Å². The predicted octanol–water partition coefficient (Wildman–Crippen LogP) is 5.33. The van der Waals surface area contributed by atoms with E-state index in [1.807, 2.05) is 6.08 Å². The lowest BCUT2D eigenvalue weighted by atomic mass is 9.44. The highest BCUT2D eigenvalue weighted by Crippen LogP contribution is 2.68. The summed E-state index contributed by atoms with van der Waals surface area (Å²) in [5, 5.41) is 21.4. The van der Waals surface area contributed by atoms with Crippen LogP contribution in [0.4, 0.5) is 0 Å². The first-order valence-electron chi connectivity index (χ1n) is 11.2. The van der Waals surface area contributed by atoms with E-state index < -0.39 is 5.60 Å². The van der Waals surface area contributed by atoms with E-state index in [9.17, 15) is 10.2 Å². The van der Waals surface area contributed by atoms with Crippen LogP contribution in [0.15, 0.2) is 12.7 Å². The third kappa shape index (κ3) is 2.65. The molecule has 9 atom stereocenters. The molecule has 0 aromatic carbocycles. The maximum atomic E-state index is 11.2. The molecule has 2 N–H and O–H groups in total. The number of rotatable bonds is 3. The molecule has 0 aliphatic heterocycles. The molecule has 26 heavy (non-hydrogen) atoms. The van der Waals surface area contributed by atoms with Crippen LogP contribution in [-0.4, -0.2) is 21.9 Å². The van der Waals surface area contributed by atoms with Gasteiger partial charge in [-0.3, -0.25) is 0 Å². The first-order chi connectivity index (χ1) is 12.2. The van der Waals surface area contributed by atoms with Crippen LogP contribution >= 0.6 is 0 Å². The average molecular weight is 361 g/mol. The van der Waals surface area contributed by atoms with Gasteiger partial charge in [0.1, 0.15) is 0 Å². The van der Waals surface area contributed by atoms with Crippen LogP contribution in [-0.2, 0) is 0 Å². The quantitative estimate of drug-likeness (QED) is 0.668. The summed E-state index contributed by atoms with van der Waals surface area (Å²) in [6.45, 7) is 11.0. The number of hydrogen-bond acceptors (Lipinski definition) is 2. The lowest BCUT2D eigenvalue weighted by Crippen LogP contribution is -2.55. The highest BCUT2D eigenvalue weighted by atomic mass is 16.3. The Morgan fingerprint density at radius 1 is 1.00 bits per heavy atom. The van der Waals surface area contributed by atoms with Gasteiger partial charge < -0.3 is 10.2 Å². The van der Waals surface area contributed by atoms with E-state index in [1.54, 1.807) is 0 Å². The molecule has 0 radical (unpaired) electrons. The van der Waals surface area contributed by atoms with Gasteiger partial charge in [0.25, 0.3) is 0 Å². The maximum Gasteiger partial charge on any atom is 0.0687 e. The molecule has 0 amide bonds. The number of fused-ring (bicyclic) bond motifs is 5. The molecule has 4 aliphatic carbocycles. The summed E-state index contributed by atoms with van der Waals surface area (Å²) in [6, 6.07) is 0. The lowest BCUT2D eigenvalue weighted by Gasteiger charge is -2.61.